The molecule has 0 amide bonds. The van der Waals surface area contributed by atoms with Gasteiger partial charge in [-0.05, 0) is 69.3 Å². The van der Waals surface area contributed by atoms with Crippen LogP contribution in [0.15, 0.2) is 372 Å². The van der Waals surface area contributed by atoms with E-state index in [4.69, 9.17) is 9.84 Å². The largest absolute Gasteiger partial charge is 0.625 e. The van der Waals surface area contributed by atoms with Crippen molar-refractivity contribution in [3.05, 3.63) is 423 Å². The van der Waals surface area contributed by atoms with E-state index in [-0.39, 0.29) is 80.4 Å². The van der Waals surface area contributed by atoms with E-state index >= 15 is 0 Å². The van der Waals surface area contributed by atoms with Crippen molar-refractivity contribution in [2.24, 2.45) is 20.3 Å². The average molecular weight is 2100 g/mol. The summed E-state index contributed by atoms with van der Waals surface area (Å²) in [5, 5.41) is 21.8. The molecule has 17 rings (SSSR count). The van der Waals surface area contributed by atoms with Gasteiger partial charge in [0.05, 0.1) is 5.04 Å². The fraction of sp³-hybridized carbons (Fsp3) is 0.0114. The Hall–Kier alpha value is -9.54. The Balaban J connectivity index is 0.000000148. The van der Waals surface area contributed by atoms with Gasteiger partial charge in [-0.3, -0.25) is 16.8 Å². The van der Waals surface area contributed by atoms with Gasteiger partial charge in [0.25, 0.3) is 0 Å². The van der Waals surface area contributed by atoms with Crippen LogP contribution in [0.4, 0.5) is 17.1 Å². The molecule has 522 valence electrons. The van der Waals surface area contributed by atoms with Gasteiger partial charge in [-0.2, -0.15) is 88.9 Å². The molecular formula is C88H64Ir4N8O2PS-7. The minimum atomic E-state index is -3.09. The molecule has 4 aliphatic rings. The molecule has 4 aliphatic heterocycles. The Morgan fingerprint density at radius 2 is 0.740 bits per heavy atom. The van der Waals surface area contributed by atoms with Crippen molar-refractivity contribution in [3.8, 4) is 44.5 Å². The molecule has 1 unspecified atom stereocenters. The summed E-state index contributed by atoms with van der Waals surface area (Å²) in [6.45, 7) is 3.55. The van der Waals surface area contributed by atoms with Crippen molar-refractivity contribution in [2.75, 3.05) is 22.1 Å². The van der Waals surface area contributed by atoms with E-state index in [0.717, 1.165) is 77.5 Å². The van der Waals surface area contributed by atoms with E-state index in [1.54, 1.807) is 29.7 Å². The minimum absolute atomic E-state index is 0. The molecule has 0 saturated carbocycles. The summed E-state index contributed by atoms with van der Waals surface area (Å²) in [4.78, 5) is 6.66. The number of rotatable bonds is 13. The number of hydrogen-bond acceptors (Lipinski definition) is 11. The smallest absolute Gasteiger partial charge is 0.205 e. The molecule has 0 fully saturated rings. The first-order chi connectivity index (χ1) is 49.4. The van der Waals surface area contributed by atoms with Crippen molar-refractivity contribution in [1.29, 1.82) is 0 Å². The van der Waals surface area contributed by atoms with Crippen molar-refractivity contribution in [1.82, 2.24) is 4.90 Å². The molecule has 4 heterocycles. The summed E-state index contributed by atoms with van der Waals surface area (Å²) in [6.07, 6.45) is 1.77. The second kappa shape index (κ2) is 37.8. The zero-order valence-electron chi connectivity index (χ0n) is 55.8. The minimum Gasteiger partial charge on any atom is -0.625 e. The van der Waals surface area contributed by atoms with E-state index < -0.39 is 7.14 Å². The molecule has 10 nitrogen and oxygen atoms in total. The maximum Gasteiger partial charge on any atom is 0.205 e. The molecule has 0 aliphatic carbocycles. The number of para-hydroxylation sites is 3. The molecule has 0 bridgehead atoms. The zero-order chi connectivity index (χ0) is 67.7. The van der Waals surface area contributed by atoms with Crippen molar-refractivity contribution >= 4 is 68.8 Å². The van der Waals surface area contributed by atoms with Crippen LogP contribution < -0.4 is 20.3 Å². The van der Waals surface area contributed by atoms with Gasteiger partial charge in [-0.25, -0.2) is 5.10 Å². The van der Waals surface area contributed by atoms with Crippen molar-refractivity contribution < 1.29 is 89.7 Å². The topological polar surface area (TPSA) is 88.7 Å². The van der Waals surface area contributed by atoms with Gasteiger partial charge in [-0.1, -0.05) is 260 Å². The number of hydrogen-bond donors (Lipinski definition) is 0. The SMILES string of the molecule is CN1[CH-]N(c2[c-]cccc2)N=C1c1ccc(-c2ccccc2)cc1.O=P1(c2ccccc2)C(c2ccc(-c3ccccc3)cc2)=CN=C1c1[c-]cccc1.[Ir].[Ir].[Ir].[Ir].[c-]1ccccc1N1[CH-]OC(c2ccc(-c3ccccc3)cc2)=N1.[c-]1ccccc1N1[CH-]SC(c2ccc(-c3ccccc3)cc2)=N1. The van der Waals surface area contributed by atoms with Crippen LogP contribution in [0.5, 0.6) is 0 Å². The van der Waals surface area contributed by atoms with E-state index in [1.165, 1.54) is 33.4 Å². The first kappa shape index (κ1) is 77.1. The predicted molar refractivity (Wildman–Crippen MR) is 413 cm³/mol. The summed E-state index contributed by atoms with van der Waals surface area (Å²) in [5.74, 6) is 3.51. The van der Waals surface area contributed by atoms with E-state index in [2.05, 4.69) is 185 Å². The second-order valence-electron chi connectivity index (χ2n) is 23.1. The molecule has 13 aromatic rings. The molecule has 16 heteroatoms. The van der Waals surface area contributed by atoms with Gasteiger partial charge >= 0.3 is 0 Å². The average Bonchev–Trinajstić information content (AvgIpc) is 1.56. The Morgan fingerprint density at radius 3 is 1.18 bits per heavy atom. The van der Waals surface area contributed by atoms with E-state index in [0.29, 0.717) is 11.4 Å². The molecular weight excluding hydrogens is 2030 g/mol. The number of amidine groups is 1. The third-order valence-electron chi connectivity index (χ3n) is 16.6. The van der Waals surface area contributed by atoms with Crippen LogP contribution in [0.25, 0.3) is 49.8 Å². The predicted octanol–water partition coefficient (Wildman–Crippen LogP) is 20.6. The Bertz CT molecular complexity index is 4900. The monoisotopic (exact) mass is 2100 g/mol. The number of benzene rings is 13. The first-order valence-electron chi connectivity index (χ1n) is 32.5. The van der Waals surface area contributed by atoms with Crippen LogP contribution in [0.2, 0.25) is 0 Å². The molecule has 13 aromatic carbocycles. The van der Waals surface area contributed by atoms with Gasteiger partial charge in [0.1, 0.15) is 5.84 Å². The molecule has 1 atom stereocenters. The van der Waals surface area contributed by atoms with Crippen LogP contribution in [-0.4, -0.2) is 34.2 Å². The van der Waals surface area contributed by atoms with Gasteiger partial charge in [0, 0.05) is 119 Å². The third-order valence-corrected chi connectivity index (χ3v) is 20.5. The first-order valence-corrected chi connectivity index (χ1v) is 35.1. The standard InChI is InChI=1S/C27H19NOP.C21H17N3.C20H14N2O.C20H14N2S.4Ir/c29-30(25-14-8-3-9-15-25)26(20-28-27(30)24-12-6-2-7-13-24)23-18-16-22(17-19-23)21-10-4-1-5-11-21;1-23-16-24(20-10-6-3-7-11-20)22-21(23)19-14-12-18(13-15-19)17-8-4-2-5-9-17;2*1-3-7-16(8-4-1)17-11-13-18(14-12-17)20-21-22(15-23-20)19-9-5-2-6-10-19;;;;/h1-12,14-20H;2-10,12-16H,1H3;2*1-9,11-15H;;;;/q-1;3*-2;;;;. The number of hydrazone groups is 3. The molecule has 0 N–H and O–H groups in total. The van der Waals surface area contributed by atoms with Gasteiger partial charge in [0.15, 0.2) is 7.14 Å². The maximum atomic E-state index is 14.6. The fourth-order valence-corrected chi connectivity index (χ4v) is 15.0. The second-order valence-corrected chi connectivity index (χ2v) is 26.6. The van der Waals surface area contributed by atoms with Crippen LogP contribution in [0, 0.1) is 43.5 Å². The van der Waals surface area contributed by atoms with Crippen molar-refractivity contribution in [3.63, 3.8) is 0 Å². The van der Waals surface area contributed by atoms with Crippen LogP contribution in [-0.2, 0) is 89.7 Å². The Kier molecular flexibility index (Phi) is 28.0. The Morgan fingerprint density at radius 1 is 0.365 bits per heavy atom. The Labute approximate surface area is 667 Å². The maximum absolute atomic E-state index is 14.6. The summed E-state index contributed by atoms with van der Waals surface area (Å²) in [6, 6.07) is 128. The normalized spacial score (nSPS) is 14.5. The number of ether oxygens (including phenoxy) is 1. The number of anilines is 3. The molecule has 4 radical (unpaired) electrons. The summed E-state index contributed by atoms with van der Waals surface area (Å²) >= 11 is 1.63. The van der Waals surface area contributed by atoms with Crippen molar-refractivity contribution in [2.45, 2.75) is 0 Å². The van der Waals surface area contributed by atoms with Gasteiger partial charge in [-0.15, -0.1) is 60.8 Å². The fourth-order valence-electron chi connectivity index (χ4n) is 11.4. The zero-order valence-corrected chi connectivity index (χ0v) is 67.1. The summed E-state index contributed by atoms with van der Waals surface area (Å²) in [7, 11) is -1.09. The van der Waals surface area contributed by atoms with Gasteiger partial charge in [0.2, 0.25) is 5.90 Å². The quantitative estimate of drug-likeness (QED) is 0.0839. The number of thioether (sulfide) groups is 1. The van der Waals surface area contributed by atoms with E-state index in [9.17, 15) is 4.57 Å². The molecule has 0 saturated heterocycles. The number of aliphatic imine (C=N–C) groups is 1. The van der Waals surface area contributed by atoms with Crippen LogP contribution in [0.3, 0.4) is 0 Å². The third kappa shape index (κ3) is 18.7. The number of nitrogens with zero attached hydrogens (tertiary/aromatic N) is 8. The van der Waals surface area contributed by atoms with E-state index in [1.807, 2.05) is 235 Å². The molecule has 0 aromatic heterocycles. The van der Waals surface area contributed by atoms with Gasteiger partial charge < -0.3 is 29.2 Å². The van der Waals surface area contributed by atoms with Crippen LogP contribution >= 0.6 is 18.9 Å². The summed E-state index contributed by atoms with van der Waals surface area (Å²) in [5.41, 5.74) is 17.7. The molecule has 0 spiro atoms. The summed E-state index contributed by atoms with van der Waals surface area (Å²) < 4.78 is 20.2. The van der Waals surface area contributed by atoms with Crippen LogP contribution in [0.1, 0.15) is 27.8 Å². The molecule has 104 heavy (non-hydrogen) atoms.